The number of rotatable bonds is 5. The van der Waals surface area contributed by atoms with Crippen LogP contribution in [0.4, 0.5) is 0 Å². The second-order valence-corrected chi connectivity index (χ2v) is 7.13. The van der Waals surface area contributed by atoms with Crippen molar-refractivity contribution in [2.45, 2.75) is 37.6 Å². The molecule has 0 aromatic carbocycles. The third-order valence-electron chi connectivity index (χ3n) is 5.31. The van der Waals surface area contributed by atoms with Crippen LogP contribution in [-0.4, -0.2) is 53.2 Å². The number of furan rings is 1. The zero-order chi connectivity index (χ0) is 16.4. The van der Waals surface area contributed by atoms with Gasteiger partial charge >= 0.3 is 0 Å². The lowest BCUT2D eigenvalue weighted by atomic mass is 9.96. The Kier molecular flexibility index (Phi) is 4.39. The van der Waals surface area contributed by atoms with Crippen LogP contribution in [0.15, 0.2) is 47.2 Å². The number of likely N-dealkylation sites (tertiary alicyclic amines) is 1. The fourth-order valence-electron chi connectivity index (χ4n) is 3.95. The third kappa shape index (κ3) is 3.38. The molecule has 1 spiro atoms. The predicted octanol–water partition coefficient (Wildman–Crippen LogP) is 2.54. The van der Waals surface area contributed by atoms with Crippen LogP contribution in [0.1, 0.15) is 24.3 Å². The summed E-state index contributed by atoms with van der Waals surface area (Å²) in [6.07, 6.45) is 5.82. The van der Waals surface area contributed by atoms with E-state index >= 15 is 0 Å². The Morgan fingerprint density at radius 2 is 2.29 bits per heavy atom. The van der Waals surface area contributed by atoms with Gasteiger partial charge in [-0.25, -0.2) is 0 Å². The average molecular weight is 327 g/mol. The SMILES string of the molecule is CN(Cc1ccccn1)[C@H]1CO[C@@]2(CCN(Cc3ccco3)C2)C1. The largest absolute Gasteiger partial charge is 0.468 e. The van der Waals surface area contributed by atoms with Crippen molar-refractivity contribution in [1.82, 2.24) is 14.8 Å². The molecule has 2 saturated heterocycles. The van der Waals surface area contributed by atoms with Crippen LogP contribution in [0, 0.1) is 0 Å². The first kappa shape index (κ1) is 15.8. The van der Waals surface area contributed by atoms with Gasteiger partial charge in [0.2, 0.25) is 0 Å². The molecule has 0 N–H and O–H groups in total. The van der Waals surface area contributed by atoms with Gasteiger partial charge in [0.1, 0.15) is 5.76 Å². The summed E-state index contributed by atoms with van der Waals surface area (Å²) >= 11 is 0. The molecule has 0 unspecified atom stereocenters. The van der Waals surface area contributed by atoms with Crippen molar-refractivity contribution in [2.75, 3.05) is 26.7 Å². The maximum atomic E-state index is 6.29. The molecule has 2 aliphatic heterocycles. The van der Waals surface area contributed by atoms with Crippen molar-refractivity contribution in [3.8, 4) is 0 Å². The molecule has 24 heavy (non-hydrogen) atoms. The maximum absolute atomic E-state index is 6.29. The van der Waals surface area contributed by atoms with Crippen molar-refractivity contribution >= 4 is 0 Å². The number of ether oxygens (including phenoxy) is 1. The number of likely N-dealkylation sites (N-methyl/N-ethyl adjacent to an activating group) is 1. The van der Waals surface area contributed by atoms with Gasteiger partial charge in [0.15, 0.2) is 0 Å². The van der Waals surface area contributed by atoms with Crippen LogP contribution in [0.3, 0.4) is 0 Å². The van der Waals surface area contributed by atoms with Gasteiger partial charge in [-0.15, -0.1) is 0 Å². The molecule has 2 atom stereocenters. The predicted molar refractivity (Wildman–Crippen MR) is 91.4 cm³/mol. The zero-order valence-corrected chi connectivity index (χ0v) is 14.2. The van der Waals surface area contributed by atoms with Crippen LogP contribution in [0.5, 0.6) is 0 Å². The van der Waals surface area contributed by atoms with Gasteiger partial charge in [-0.05, 0) is 44.2 Å². The highest BCUT2D eigenvalue weighted by Crippen LogP contribution is 2.37. The van der Waals surface area contributed by atoms with Crippen molar-refractivity contribution in [3.63, 3.8) is 0 Å². The smallest absolute Gasteiger partial charge is 0.117 e. The second-order valence-electron chi connectivity index (χ2n) is 7.13. The quantitative estimate of drug-likeness (QED) is 0.844. The molecule has 128 valence electrons. The first-order chi connectivity index (χ1) is 11.7. The average Bonchev–Trinajstić information content (AvgIpc) is 3.32. The minimum atomic E-state index is 0.0234. The van der Waals surface area contributed by atoms with E-state index in [0.717, 1.165) is 57.1 Å². The molecule has 4 rings (SSSR count). The summed E-state index contributed by atoms with van der Waals surface area (Å²) in [5.74, 6) is 1.04. The highest BCUT2D eigenvalue weighted by Gasteiger charge is 2.46. The molecule has 2 aliphatic rings. The summed E-state index contributed by atoms with van der Waals surface area (Å²) in [5.41, 5.74) is 1.14. The van der Waals surface area contributed by atoms with Crippen LogP contribution < -0.4 is 0 Å². The van der Waals surface area contributed by atoms with E-state index in [-0.39, 0.29) is 5.60 Å². The van der Waals surface area contributed by atoms with Crippen molar-refractivity contribution in [2.24, 2.45) is 0 Å². The normalized spacial score (nSPS) is 27.5. The highest BCUT2D eigenvalue weighted by atomic mass is 16.5. The molecular weight excluding hydrogens is 302 g/mol. The highest BCUT2D eigenvalue weighted by molar-refractivity contribution is 5.06. The Hall–Kier alpha value is -1.69. The lowest BCUT2D eigenvalue weighted by Crippen LogP contribution is -2.36. The van der Waals surface area contributed by atoms with Crippen molar-refractivity contribution in [3.05, 3.63) is 54.2 Å². The molecule has 0 radical (unpaired) electrons. The number of aromatic nitrogens is 1. The van der Waals surface area contributed by atoms with Crippen molar-refractivity contribution in [1.29, 1.82) is 0 Å². The third-order valence-corrected chi connectivity index (χ3v) is 5.31. The Morgan fingerprint density at radius 3 is 3.08 bits per heavy atom. The van der Waals surface area contributed by atoms with E-state index in [1.165, 1.54) is 0 Å². The summed E-state index contributed by atoms with van der Waals surface area (Å²) in [5, 5.41) is 0. The summed E-state index contributed by atoms with van der Waals surface area (Å²) in [6.45, 7) is 4.66. The molecule has 4 heterocycles. The van der Waals surface area contributed by atoms with E-state index in [9.17, 15) is 0 Å². The number of hydrogen-bond donors (Lipinski definition) is 0. The molecule has 0 aliphatic carbocycles. The monoisotopic (exact) mass is 327 g/mol. The molecule has 2 fully saturated rings. The van der Waals surface area contributed by atoms with Gasteiger partial charge in [-0.3, -0.25) is 14.8 Å². The fourth-order valence-corrected chi connectivity index (χ4v) is 3.95. The van der Waals surface area contributed by atoms with Crippen LogP contribution >= 0.6 is 0 Å². The number of hydrogen-bond acceptors (Lipinski definition) is 5. The minimum Gasteiger partial charge on any atom is -0.468 e. The summed E-state index contributed by atoms with van der Waals surface area (Å²) in [6, 6.07) is 10.6. The van der Waals surface area contributed by atoms with E-state index in [1.54, 1.807) is 6.26 Å². The lowest BCUT2D eigenvalue weighted by molar-refractivity contribution is 0.00979. The first-order valence-corrected chi connectivity index (χ1v) is 8.71. The van der Waals surface area contributed by atoms with Gasteiger partial charge in [0.25, 0.3) is 0 Å². The Morgan fingerprint density at radius 1 is 1.33 bits per heavy atom. The fraction of sp³-hybridized carbons (Fsp3) is 0.526. The van der Waals surface area contributed by atoms with E-state index in [4.69, 9.17) is 9.15 Å². The van der Waals surface area contributed by atoms with E-state index < -0.39 is 0 Å². The number of pyridine rings is 1. The molecule has 0 saturated carbocycles. The summed E-state index contributed by atoms with van der Waals surface area (Å²) < 4.78 is 11.8. The van der Waals surface area contributed by atoms with Gasteiger partial charge in [0, 0.05) is 31.9 Å². The van der Waals surface area contributed by atoms with Gasteiger partial charge in [0.05, 0.1) is 30.7 Å². The standard InChI is InChI=1S/C19H25N3O2/c1-21(12-16-5-2-3-8-20-16)17-11-19(24-14-17)7-9-22(15-19)13-18-6-4-10-23-18/h2-6,8,10,17H,7,9,11-15H2,1H3/t17-,19+/m1/s1. The Bertz CT molecular complexity index is 646. The van der Waals surface area contributed by atoms with Gasteiger partial charge in [-0.2, -0.15) is 0 Å². The maximum Gasteiger partial charge on any atom is 0.117 e. The molecule has 0 bridgehead atoms. The number of nitrogens with zero attached hydrogens (tertiary/aromatic N) is 3. The zero-order valence-electron chi connectivity index (χ0n) is 14.2. The molecule has 2 aromatic rings. The van der Waals surface area contributed by atoms with E-state index in [1.807, 2.05) is 30.5 Å². The molecule has 5 nitrogen and oxygen atoms in total. The summed E-state index contributed by atoms with van der Waals surface area (Å²) in [7, 11) is 2.18. The topological polar surface area (TPSA) is 41.7 Å². The molecule has 2 aromatic heterocycles. The molecule has 0 amide bonds. The Balaban J connectivity index is 1.32. The van der Waals surface area contributed by atoms with Gasteiger partial charge < -0.3 is 9.15 Å². The lowest BCUT2D eigenvalue weighted by Gasteiger charge is -2.25. The van der Waals surface area contributed by atoms with E-state index in [2.05, 4.69) is 27.9 Å². The molecular formula is C19H25N3O2. The Labute approximate surface area is 143 Å². The van der Waals surface area contributed by atoms with Crippen LogP contribution in [0.25, 0.3) is 0 Å². The van der Waals surface area contributed by atoms with Crippen molar-refractivity contribution < 1.29 is 9.15 Å². The van der Waals surface area contributed by atoms with E-state index in [0.29, 0.717) is 6.04 Å². The molecule has 5 heteroatoms. The second kappa shape index (κ2) is 6.67. The summed E-state index contributed by atoms with van der Waals surface area (Å²) in [4.78, 5) is 9.26. The van der Waals surface area contributed by atoms with Gasteiger partial charge in [-0.1, -0.05) is 6.07 Å². The van der Waals surface area contributed by atoms with Crippen LogP contribution in [0.2, 0.25) is 0 Å². The minimum absolute atomic E-state index is 0.0234. The van der Waals surface area contributed by atoms with Crippen LogP contribution in [-0.2, 0) is 17.8 Å². The first-order valence-electron chi connectivity index (χ1n) is 8.71.